The van der Waals surface area contributed by atoms with Crippen molar-refractivity contribution in [3.63, 3.8) is 0 Å². The normalized spacial score (nSPS) is 15.9. The smallest absolute Gasteiger partial charge is 0.394 e. The van der Waals surface area contributed by atoms with Crippen molar-refractivity contribution >= 4 is 34.7 Å². The van der Waals surface area contributed by atoms with Gasteiger partial charge in [0.05, 0.1) is 12.0 Å². The fourth-order valence-electron chi connectivity index (χ4n) is 2.10. The van der Waals surface area contributed by atoms with Crippen molar-refractivity contribution in [1.29, 1.82) is 0 Å². The van der Waals surface area contributed by atoms with E-state index in [-0.39, 0.29) is 18.3 Å². The summed E-state index contributed by atoms with van der Waals surface area (Å²) in [6, 6.07) is 2.91. The number of hydrogen-bond acceptors (Lipinski definition) is 3. The van der Waals surface area contributed by atoms with Gasteiger partial charge in [0.25, 0.3) is 0 Å². The molecule has 0 aromatic heterocycles. The van der Waals surface area contributed by atoms with Gasteiger partial charge in [-0.3, -0.25) is 4.79 Å². The third-order valence-electron chi connectivity index (χ3n) is 3.12. The Morgan fingerprint density at radius 1 is 1.40 bits per heavy atom. The molecule has 0 aliphatic carbocycles. The van der Waals surface area contributed by atoms with Crippen molar-refractivity contribution in [2.24, 2.45) is 5.92 Å². The van der Waals surface area contributed by atoms with Crippen LogP contribution >= 0.6 is 23.0 Å². The first-order valence-corrected chi connectivity index (χ1v) is 6.62. The lowest BCUT2D eigenvalue weighted by Crippen LogP contribution is -2.47. The summed E-state index contributed by atoms with van der Waals surface area (Å²) >= 11 is 1.49. The highest BCUT2D eigenvalue weighted by Crippen LogP contribution is 2.35. The topological polar surface area (TPSA) is 29.5 Å². The minimum absolute atomic E-state index is 0.0525. The van der Waals surface area contributed by atoms with Crippen LogP contribution in [-0.4, -0.2) is 19.1 Å². The number of alkyl halides is 3. The molecule has 0 spiro atoms. The number of anilines is 1. The van der Waals surface area contributed by atoms with Gasteiger partial charge in [-0.15, -0.1) is 0 Å². The van der Waals surface area contributed by atoms with Crippen molar-refractivity contribution in [2.45, 2.75) is 12.6 Å². The van der Waals surface area contributed by atoms with Gasteiger partial charge in [0.1, 0.15) is 5.82 Å². The van der Waals surface area contributed by atoms with Crippen LogP contribution in [0.2, 0.25) is 0 Å². The number of carbonyl (C=O) groups excluding carboxylic acids is 1. The third-order valence-corrected chi connectivity index (χ3v) is 3.61. The molecule has 110 valence electrons. The third kappa shape index (κ3) is 3.33. The number of hydrogen-bond donors (Lipinski definition) is 0. The second-order valence-electron chi connectivity index (χ2n) is 4.59. The molecule has 0 N–H and O–H groups in total. The Balaban J connectivity index is 2.04. The minimum Gasteiger partial charge on any atom is -0.394 e. The highest BCUT2D eigenvalue weighted by Gasteiger charge is 2.36. The summed E-state index contributed by atoms with van der Waals surface area (Å²) in [4.78, 5) is 12.7. The maximum Gasteiger partial charge on any atom is 0.419 e. The predicted molar refractivity (Wildman–Crippen MR) is 71.8 cm³/mol. The second kappa shape index (κ2) is 5.74. The highest BCUT2D eigenvalue weighted by molar-refractivity contribution is 14.1. The first-order chi connectivity index (χ1) is 9.31. The van der Waals surface area contributed by atoms with Crippen LogP contribution in [0.5, 0.6) is 0 Å². The van der Waals surface area contributed by atoms with Crippen LogP contribution in [0.25, 0.3) is 0 Å². The standard InChI is InChI=1S/C12H10F4INO2/c13-10-2-1-8(4-9(10)12(14,15)16)18-5-7(6-18)3-11(19)20-17/h1-2,4,7H,3,5-6H2. The SMILES string of the molecule is O=C(CC1CN(c2ccc(F)c(C(F)(F)F)c2)C1)OI. The first kappa shape index (κ1) is 15.3. The summed E-state index contributed by atoms with van der Waals surface area (Å²) in [5.74, 6) is -1.59. The van der Waals surface area contributed by atoms with Crippen molar-refractivity contribution in [3.05, 3.63) is 29.6 Å². The van der Waals surface area contributed by atoms with Crippen molar-refractivity contribution in [2.75, 3.05) is 18.0 Å². The molecule has 1 aliphatic heterocycles. The molecule has 1 aliphatic rings. The molecule has 0 amide bonds. The summed E-state index contributed by atoms with van der Waals surface area (Å²) < 4.78 is 55.4. The molecule has 1 aromatic carbocycles. The number of rotatable bonds is 3. The van der Waals surface area contributed by atoms with Crippen LogP contribution in [0.4, 0.5) is 23.2 Å². The zero-order chi connectivity index (χ0) is 14.9. The zero-order valence-corrected chi connectivity index (χ0v) is 12.2. The molecule has 0 saturated carbocycles. The van der Waals surface area contributed by atoms with E-state index in [4.69, 9.17) is 0 Å². The Hall–Kier alpha value is -1.06. The molecule has 1 saturated heterocycles. The monoisotopic (exact) mass is 403 g/mol. The predicted octanol–water partition coefficient (Wildman–Crippen LogP) is 3.56. The van der Waals surface area contributed by atoms with Crippen molar-refractivity contribution in [1.82, 2.24) is 0 Å². The molecule has 1 aromatic rings. The largest absolute Gasteiger partial charge is 0.419 e. The maximum atomic E-state index is 13.1. The van der Waals surface area contributed by atoms with Crippen LogP contribution in [0.3, 0.4) is 0 Å². The van der Waals surface area contributed by atoms with E-state index < -0.39 is 17.6 Å². The van der Waals surface area contributed by atoms with Gasteiger partial charge in [-0.25, -0.2) is 4.39 Å². The van der Waals surface area contributed by atoms with Crippen LogP contribution in [-0.2, 0) is 14.0 Å². The average Bonchev–Trinajstić information content (AvgIpc) is 2.32. The first-order valence-electron chi connectivity index (χ1n) is 5.74. The van der Waals surface area contributed by atoms with Gasteiger partial charge in [-0.2, -0.15) is 13.2 Å². The quantitative estimate of drug-likeness (QED) is 0.571. The Kier molecular flexibility index (Phi) is 4.40. The number of carbonyl (C=O) groups is 1. The zero-order valence-electron chi connectivity index (χ0n) is 10.1. The lowest BCUT2D eigenvalue weighted by atomic mass is 9.95. The van der Waals surface area contributed by atoms with E-state index >= 15 is 0 Å². The summed E-state index contributed by atoms with van der Waals surface area (Å²) in [5, 5.41) is 0. The molecule has 20 heavy (non-hydrogen) atoms. The van der Waals surface area contributed by atoms with E-state index in [2.05, 4.69) is 3.07 Å². The van der Waals surface area contributed by atoms with Crippen molar-refractivity contribution < 1.29 is 25.4 Å². The van der Waals surface area contributed by atoms with E-state index in [1.165, 1.54) is 29.1 Å². The van der Waals surface area contributed by atoms with Crippen LogP contribution < -0.4 is 4.90 Å². The molecule has 1 fully saturated rings. The minimum atomic E-state index is -4.71. The molecule has 2 rings (SSSR count). The van der Waals surface area contributed by atoms with Crippen LogP contribution in [0.1, 0.15) is 12.0 Å². The fraction of sp³-hybridized carbons (Fsp3) is 0.417. The Morgan fingerprint density at radius 3 is 2.60 bits per heavy atom. The molecule has 8 heteroatoms. The van der Waals surface area contributed by atoms with Gasteiger partial charge in [0.15, 0.2) is 23.0 Å². The number of nitrogens with zero attached hydrogens (tertiary/aromatic N) is 1. The van der Waals surface area contributed by atoms with Gasteiger partial charge in [-0.05, 0) is 18.2 Å². The molecular formula is C12H10F4INO2. The van der Waals surface area contributed by atoms with E-state index in [9.17, 15) is 22.4 Å². The van der Waals surface area contributed by atoms with Gasteiger partial charge in [-0.1, -0.05) is 0 Å². The maximum absolute atomic E-state index is 13.1. The van der Waals surface area contributed by atoms with Gasteiger partial charge >= 0.3 is 12.1 Å². The van der Waals surface area contributed by atoms with E-state index in [1.807, 2.05) is 0 Å². The Labute approximate surface area is 126 Å². The molecule has 0 bridgehead atoms. The summed E-state index contributed by atoms with van der Waals surface area (Å²) in [5.41, 5.74) is -0.970. The van der Waals surface area contributed by atoms with Gasteiger partial charge in [0, 0.05) is 24.7 Å². The molecule has 0 radical (unpaired) electrons. The lowest BCUT2D eigenvalue weighted by Gasteiger charge is -2.40. The van der Waals surface area contributed by atoms with E-state index in [1.54, 1.807) is 4.90 Å². The molecule has 0 unspecified atom stereocenters. The molecular weight excluding hydrogens is 393 g/mol. The van der Waals surface area contributed by atoms with E-state index in [0.717, 1.165) is 12.1 Å². The second-order valence-corrected chi connectivity index (χ2v) is 5.03. The van der Waals surface area contributed by atoms with Crippen LogP contribution in [0, 0.1) is 11.7 Å². The average molecular weight is 403 g/mol. The molecule has 0 atom stereocenters. The summed E-state index contributed by atoms with van der Waals surface area (Å²) in [7, 11) is 0. The highest BCUT2D eigenvalue weighted by atomic mass is 127. The number of halogens is 5. The van der Waals surface area contributed by atoms with Crippen molar-refractivity contribution in [3.8, 4) is 0 Å². The summed E-state index contributed by atoms with van der Waals surface area (Å²) in [6.07, 6.45) is -4.48. The fourth-order valence-corrected chi connectivity index (χ4v) is 2.28. The molecule has 3 nitrogen and oxygen atoms in total. The Morgan fingerprint density at radius 2 is 2.05 bits per heavy atom. The van der Waals surface area contributed by atoms with Crippen LogP contribution in [0.15, 0.2) is 18.2 Å². The molecule has 1 heterocycles. The number of benzene rings is 1. The lowest BCUT2D eigenvalue weighted by molar-refractivity contribution is -0.140. The van der Waals surface area contributed by atoms with Gasteiger partial charge < -0.3 is 7.97 Å². The van der Waals surface area contributed by atoms with Gasteiger partial charge in [0.2, 0.25) is 0 Å². The summed E-state index contributed by atoms with van der Waals surface area (Å²) in [6.45, 7) is 0.906. The Bertz CT molecular complexity index is 515. The van der Waals surface area contributed by atoms with E-state index in [0.29, 0.717) is 18.8 Å².